The van der Waals surface area contributed by atoms with Crippen molar-refractivity contribution in [2.45, 2.75) is 45.3 Å². The summed E-state index contributed by atoms with van der Waals surface area (Å²) in [6, 6.07) is 1.20. The molecule has 0 radical (unpaired) electrons. The van der Waals surface area contributed by atoms with Crippen molar-refractivity contribution < 1.29 is 23.5 Å². The third kappa shape index (κ3) is 2.46. The lowest BCUT2D eigenvalue weighted by Gasteiger charge is -2.52. The van der Waals surface area contributed by atoms with Crippen molar-refractivity contribution in [1.29, 1.82) is 0 Å². The van der Waals surface area contributed by atoms with Crippen LogP contribution in [0.4, 0.5) is 14.5 Å². The number of rotatable bonds is 5. The van der Waals surface area contributed by atoms with E-state index in [0.717, 1.165) is 0 Å². The van der Waals surface area contributed by atoms with Gasteiger partial charge in [0.1, 0.15) is 6.10 Å². The van der Waals surface area contributed by atoms with E-state index in [1.165, 1.54) is 0 Å². The molecule has 2 rings (SSSR count). The van der Waals surface area contributed by atoms with Gasteiger partial charge in [-0.1, -0.05) is 13.8 Å². The van der Waals surface area contributed by atoms with Crippen molar-refractivity contribution in [3.63, 3.8) is 0 Å². The maximum Gasteiger partial charge on any atom is 0.307 e. The van der Waals surface area contributed by atoms with Gasteiger partial charge >= 0.3 is 5.69 Å². The maximum atomic E-state index is 13.8. The monoisotopic (exact) mass is 301 g/mol. The minimum Gasteiger partial charge on any atom is -0.486 e. The lowest BCUT2D eigenvalue weighted by atomic mass is 9.60. The largest absolute Gasteiger partial charge is 0.486 e. The number of hydrogen-bond acceptors (Lipinski definition) is 4. The lowest BCUT2D eigenvalue weighted by Crippen LogP contribution is -2.59. The van der Waals surface area contributed by atoms with Gasteiger partial charge in [-0.25, -0.2) is 4.39 Å². The van der Waals surface area contributed by atoms with Crippen molar-refractivity contribution in [2.75, 3.05) is 0 Å². The number of benzene rings is 1. The summed E-state index contributed by atoms with van der Waals surface area (Å²) in [6.45, 7) is 3.80. The van der Waals surface area contributed by atoms with E-state index < -0.39 is 39.9 Å². The van der Waals surface area contributed by atoms with E-state index in [-0.39, 0.29) is 5.75 Å². The summed E-state index contributed by atoms with van der Waals surface area (Å²) in [5, 5.41) is 20.4. The normalized spacial score (nSPS) is 23.5. The summed E-state index contributed by atoms with van der Waals surface area (Å²) in [5.74, 6) is -2.48. The van der Waals surface area contributed by atoms with E-state index in [1.807, 2.05) is 13.8 Å². The number of nitro benzene ring substituents is 1. The Morgan fingerprint density at radius 3 is 2.48 bits per heavy atom. The van der Waals surface area contributed by atoms with Crippen LogP contribution in [0.1, 0.15) is 33.1 Å². The van der Waals surface area contributed by atoms with Crippen molar-refractivity contribution in [3.05, 3.63) is 33.9 Å². The quantitative estimate of drug-likeness (QED) is 0.669. The van der Waals surface area contributed by atoms with Gasteiger partial charge in [0.05, 0.1) is 17.1 Å². The van der Waals surface area contributed by atoms with E-state index in [9.17, 15) is 24.0 Å². The van der Waals surface area contributed by atoms with Gasteiger partial charge in [0.25, 0.3) is 0 Å². The number of hydrogen-bond donors (Lipinski definition) is 1. The molecule has 1 aromatic rings. The van der Waals surface area contributed by atoms with Crippen molar-refractivity contribution in [1.82, 2.24) is 0 Å². The Bertz CT molecular complexity index is 560. The summed E-state index contributed by atoms with van der Waals surface area (Å²) in [4.78, 5) is 9.55. The van der Waals surface area contributed by atoms with Crippen molar-refractivity contribution in [3.8, 4) is 5.75 Å². The van der Waals surface area contributed by atoms with Gasteiger partial charge in [0, 0.05) is 17.9 Å². The minimum absolute atomic E-state index is 0.333. The second kappa shape index (κ2) is 5.55. The van der Waals surface area contributed by atoms with Crippen LogP contribution in [0.3, 0.4) is 0 Å². The van der Waals surface area contributed by atoms with Gasteiger partial charge in [-0.15, -0.1) is 0 Å². The van der Waals surface area contributed by atoms with Crippen LogP contribution in [-0.4, -0.2) is 22.2 Å². The number of ether oxygens (including phenoxy) is 1. The first-order chi connectivity index (χ1) is 9.85. The number of nitro groups is 1. The molecule has 0 amide bonds. The Morgan fingerprint density at radius 1 is 1.38 bits per heavy atom. The molecule has 1 N–H and O–H groups in total. The maximum absolute atomic E-state index is 13.8. The highest BCUT2D eigenvalue weighted by Gasteiger charge is 2.54. The van der Waals surface area contributed by atoms with Crippen molar-refractivity contribution >= 4 is 5.69 Å². The molecule has 116 valence electrons. The Morgan fingerprint density at radius 2 is 2.00 bits per heavy atom. The van der Waals surface area contributed by atoms with E-state index in [1.54, 1.807) is 0 Å². The number of nitrogens with zero attached hydrogens (tertiary/aromatic N) is 1. The topological polar surface area (TPSA) is 72.6 Å². The molecular weight excluding hydrogens is 284 g/mol. The van der Waals surface area contributed by atoms with Crippen LogP contribution < -0.4 is 4.74 Å². The van der Waals surface area contributed by atoms with E-state index in [0.29, 0.717) is 31.4 Å². The second-order valence-corrected chi connectivity index (χ2v) is 5.29. The molecule has 0 heterocycles. The molecule has 1 aliphatic carbocycles. The van der Waals surface area contributed by atoms with Crippen LogP contribution in [0.5, 0.6) is 5.75 Å². The van der Waals surface area contributed by atoms with Crippen LogP contribution in [-0.2, 0) is 0 Å². The van der Waals surface area contributed by atoms with Gasteiger partial charge in [-0.3, -0.25) is 10.1 Å². The number of aliphatic hydroxyl groups is 1. The fourth-order valence-corrected chi connectivity index (χ4v) is 2.97. The molecule has 1 fully saturated rings. The first-order valence-corrected chi connectivity index (χ1v) is 6.83. The average Bonchev–Trinajstić information content (AvgIpc) is 2.43. The molecule has 0 saturated heterocycles. The molecule has 7 heteroatoms. The standard InChI is InChI=1S/C14H17F2NO4/c1-3-14(4-2)12(18)7-13(14)21-11-6-8(15)10(17(19)20)5-9(11)16/h5-6,12-13,18H,3-4,7H2,1-2H3. The predicted octanol–water partition coefficient (Wildman–Crippen LogP) is 3.19. The first kappa shape index (κ1) is 15.6. The van der Waals surface area contributed by atoms with E-state index >= 15 is 0 Å². The highest BCUT2D eigenvalue weighted by Crippen LogP contribution is 2.49. The SMILES string of the molecule is CCC1(CC)C(O)CC1Oc1cc(F)c([N+](=O)[O-])cc1F. The number of halogens is 2. The zero-order valence-corrected chi connectivity index (χ0v) is 11.8. The third-order valence-corrected chi connectivity index (χ3v) is 4.53. The second-order valence-electron chi connectivity index (χ2n) is 5.29. The van der Waals surface area contributed by atoms with Crippen LogP contribution in [0, 0.1) is 27.2 Å². The van der Waals surface area contributed by atoms with Crippen LogP contribution in [0.25, 0.3) is 0 Å². The molecular formula is C14H17F2NO4. The molecule has 5 nitrogen and oxygen atoms in total. The van der Waals surface area contributed by atoms with E-state index in [4.69, 9.17) is 4.74 Å². The molecule has 1 aromatic carbocycles. The van der Waals surface area contributed by atoms with E-state index in [2.05, 4.69) is 0 Å². The molecule has 21 heavy (non-hydrogen) atoms. The van der Waals surface area contributed by atoms with Crippen LogP contribution in [0.15, 0.2) is 12.1 Å². The molecule has 2 atom stereocenters. The highest BCUT2D eigenvalue weighted by atomic mass is 19.1. The molecule has 1 aliphatic rings. The zero-order chi connectivity index (χ0) is 15.8. The molecule has 0 spiro atoms. The smallest absolute Gasteiger partial charge is 0.307 e. The highest BCUT2D eigenvalue weighted by molar-refractivity contribution is 5.39. The summed E-state index contributed by atoms with van der Waals surface area (Å²) < 4.78 is 32.8. The third-order valence-electron chi connectivity index (χ3n) is 4.53. The molecule has 1 saturated carbocycles. The summed E-state index contributed by atoms with van der Waals surface area (Å²) in [5.41, 5.74) is -1.41. The average molecular weight is 301 g/mol. The molecule has 0 aromatic heterocycles. The fourth-order valence-electron chi connectivity index (χ4n) is 2.97. The van der Waals surface area contributed by atoms with Crippen LogP contribution in [0.2, 0.25) is 0 Å². The summed E-state index contributed by atoms with van der Waals surface area (Å²) in [7, 11) is 0. The van der Waals surface area contributed by atoms with Crippen LogP contribution >= 0.6 is 0 Å². The van der Waals surface area contributed by atoms with Gasteiger partial charge in [0.15, 0.2) is 11.6 Å². The predicted molar refractivity (Wildman–Crippen MR) is 71.1 cm³/mol. The number of aliphatic hydroxyl groups excluding tert-OH is 1. The molecule has 0 aliphatic heterocycles. The summed E-state index contributed by atoms with van der Waals surface area (Å²) in [6.07, 6.45) is 0.653. The lowest BCUT2D eigenvalue weighted by molar-refractivity contribution is -0.387. The van der Waals surface area contributed by atoms with Gasteiger partial charge in [0.2, 0.25) is 5.82 Å². The molecule has 0 bridgehead atoms. The van der Waals surface area contributed by atoms with Gasteiger partial charge < -0.3 is 9.84 Å². The Kier molecular flexibility index (Phi) is 4.13. The molecule has 2 unspecified atom stereocenters. The van der Waals surface area contributed by atoms with Gasteiger partial charge in [-0.2, -0.15) is 4.39 Å². The van der Waals surface area contributed by atoms with Gasteiger partial charge in [-0.05, 0) is 12.8 Å². The van der Waals surface area contributed by atoms with Crippen molar-refractivity contribution in [2.24, 2.45) is 5.41 Å². The Labute approximate surface area is 120 Å². The summed E-state index contributed by atoms with van der Waals surface area (Å²) >= 11 is 0. The Hall–Kier alpha value is -1.76. The first-order valence-electron chi connectivity index (χ1n) is 6.83. The Balaban J connectivity index is 2.25. The zero-order valence-electron chi connectivity index (χ0n) is 11.8. The fraction of sp³-hybridized carbons (Fsp3) is 0.571. The minimum atomic E-state index is -1.14.